The number of ketones is 1. The van der Waals surface area contributed by atoms with Crippen molar-refractivity contribution in [2.24, 2.45) is 0 Å². The van der Waals surface area contributed by atoms with Gasteiger partial charge in [0, 0.05) is 23.8 Å². The number of hydrogen-bond donors (Lipinski definition) is 3. The molecule has 0 fully saturated rings. The van der Waals surface area contributed by atoms with E-state index in [1.165, 1.54) is 25.3 Å². The maximum absolute atomic E-state index is 12.2. The number of methoxy groups -OCH3 is 1. The van der Waals surface area contributed by atoms with Crippen LogP contribution in [0.15, 0.2) is 30.3 Å². The van der Waals surface area contributed by atoms with E-state index >= 15 is 0 Å². The van der Waals surface area contributed by atoms with E-state index in [4.69, 9.17) is 9.47 Å². The Morgan fingerprint density at radius 2 is 1.82 bits per heavy atom. The van der Waals surface area contributed by atoms with Gasteiger partial charge >= 0.3 is 0 Å². The van der Waals surface area contributed by atoms with E-state index in [9.17, 15) is 20.1 Å². The second kappa shape index (κ2) is 5.14. The summed E-state index contributed by atoms with van der Waals surface area (Å²) in [7, 11) is 1.47. The van der Waals surface area contributed by atoms with Crippen LogP contribution in [0.1, 0.15) is 28.4 Å². The van der Waals surface area contributed by atoms with E-state index in [0.29, 0.717) is 11.3 Å². The highest BCUT2D eigenvalue weighted by Crippen LogP contribution is 2.42. The summed E-state index contributed by atoms with van der Waals surface area (Å²) in [6.07, 6.45) is -0.625. The van der Waals surface area contributed by atoms with Gasteiger partial charge in [0.2, 0.25) is 0 Å². The number of hydrogen-bond acceptors (Lipinski definition) is 6. The first-order valence-electron chi connectivity index (χ1n) is 6.61. The Bertz CT molecular complexity index is 753. The molecule has 0 spiro atoms. The molecular weight excluding hydrogens is 288 g/mol. The summed E-state index contributed by atoms with van der Waals surface area (Å²) in [5.74, 6) is -0.261. The first-order chi connectivity index (χ1) is 10.5. The maximum atomic E-state index is 12.2. The fourth-order valence-corrected chi connectivity index (χ4v) is 2.52. The van der Waals surface area contributed by atoms with Crippen LogP contribution in [0.2, 0.25) is 0 Å². The summed E-state index contributed by atoms with van der Waals surface area (Å²) < 4.78 is 10.8. The van der Waals surface area contributed by atoms with Gasteiger partial charge in [-0.2, -0.15) is 0 Å². The van der Waals surface area contributed by atoms with Crippen molar-refractivity contribution in [1.29, 1.82) is 0 Å². The van der Waals surface area contributed by atoms with Gasteiger partial charge < -0.3 is 24.8 Å². The smallest absolute Gasteiger partial charge is 0.174 e. The molecule has 0 aromatic heterocycles. The van der Waals surface area contributed by atoms with Crippen molar-refractivity contribution in [1.82, 2.24) is 0 Å². The first-order valence-corrected chi connectivity index (χ1v) is 6.61. The highest BCUT2D eigenvalue weighted by atomic mass is 16.5. The number of Topliss-reactive ketones (excluding diaryl/α,β-unsaturated/α-hetero) is 1. The minimum Gasteiger partial charge on any atom is -0.508 e. The molecule has 0 radical (unpaired) electrons. The van der Waals surface area contributed by atoms with Crippen molar-refractivity contribution in [3.63, 3.8) is 0 Å². The van der Waals surface area contributed by atoms with Crippen LogP contribution in [0, 0.1) is 0 Å². The molecule has 0 aliphatic carbocycles. The Hall–Kier alpha value is -2.89. The van der Waals surface area contributed by atoms with Gasteiger partial charge in [0.05, 0.1) is 13.5 Å². The molecule has 0 saturated heterocycles. The van der Waals surface area contributed by atoms with Gasteiger partial charge in [-0.3, -0.25) is 4.79 Å². The zero-order valence-electron chi connectivity index (χ0n) is 11.7. The van der Waals surface area contributed by atoms with Gasteiger partial charge in [-0.05, 0) is 12.1 Å². The minimum absolute atomic E-state index is 0.00467. The zero-order valence-corrected chi connectivity index (χ0v) is 11.7. The molecular formula is C16H14O6. The van der Waals surface area contributed by atoms with Crippen molar-refractivity contribution in [3.05, 3.63) is 41.5 Å². The van der Waals surface area contributed by atoms with Crippen molar-refractivity contribution in [2.75, 3.05) is 7.11 Å². The lowest BCUT2D eigenvalue weighted by molar-refractivity contribution is 0.0844. The van der Waals surface area contributed by atoms with E-state index in [-0.39, 0.29) is 40.8 Å². The molecule has 2 aromatic carbocycles. The Morgan fingerprint density at radius 3 is 2.55 bits per heavy atom. The Kier molecular flexibility index (Phi) is 3.29. The number of aromatic hydroxyl groups is 3. The molecule has 3 rings (SSSR count). The summed E-state index contributed by atoms with van der Waals surface area (Å²) in [4.78, 5) is 12.2. The average molecular weight is 302 g/mol. The van der Waals surface area contributed by atoms with Gasteiger partial charge in [-0.15, -0.1) is 0 Å². The van der Waals surface area contributed by atoms with Crippen molar-refractivity contribution < 1.29 is 29.6 Å². The molecule has 6 heteroatoms. The van der Waals surface area contributed by atoms with Gasteiger partial charge in [0.15, 0.2) is 5.78 Å². The van der Waals surface area contributed by atoms with Crippen LogP contribution in [0.5, 0.6) is 28.7 Å². The van der Waals surface area contributed by atoms with Crippen molar-refractivity contribution >= 4 is 5.78 Å². The van der Waals surface area contributed by atoms with E-state index in [1.807, 2.05) is 0 Å². The fourth-order valence-electron chi connectivity index (χ4n) is 2.52. The molecule has 22 heavy (non-hydrogen) atoms. The van der Waals surface area contributed by atoms with E-state index in [0.717, 1.165) is 6.07 Å². The van der Waals surface area contributed by atoms with E-state index < -0.39 is 6.10 Å². The number of phenols is 3. The Labute approximate surface area is 126 Å². The predicted octanol–water partition coefficient (Wildman–Crippen LogP) is 2.52. The van der Waals surface area contributed by atoms with Crippen LogP contribution in [-0.2, 0) is 0 Å². The largest absolute Gasteiger partial charge is 0.508 e. The lowest BCUT2D eigenvalue weighted by atomic mass is 9.95. The lowest BCUT2D eigenvalue weighted by Crippen LogP contribution is -2.20. The topological polar surface area (TPSA) is 96.2 Å². The molecule has 1 aliphatic heterocycles. The number of benzene rings is 2. The van der Waals surface area contributed by atoms with Crippen LogP contribution >= 0.6 is 0 Å². The van der Waals surface area contributed by atoms with Crippen LogP contribution in [0.4, 0.5) is 0 Å². The molecule has 1 aliphatic rings. The number of ether oxygens (including phenoxy) is 2. The maximum Gasteiger partial charge on any atom is 0.174 e. The third-order valence-corrected chi connectivity index (χ3v) is 3.51. The predicted molar refractivity (Wildman–Crippen MR) is 76.7 cm³/mol. The summed E-state index contributed by atoms with van der Waals surface area (Å²) >= 11 is 0. The van der Waals surface area contributed by atoms with Crippen LogP contribution in [0.3, 0.4) is 0 Å². The van der Waals surface area contributed by atoms with E-state index in [2.05, 4.69) is 0 Å². The zero-order chi connectivity index (χ0) is 15.9. The molecule has 6 nitrogen and oxygen atoms in total. The molecule has 2 aromatic rings. The standard InChI is InChI=1S/C16H14O6/c1-21-11-3-8(2-9(17)4-11)14-7-13(20)16-12(19)5-10(18)6-15(16)22-14/h2-6,14,17-19H,7H2,1H3/t14-/m0/s1. The summed E-state index contributed by atoms with van der Waals surface area (Å²) in [5.41, 5.74) is 0.625. The van der Waals surface area contributed by atoms with Gasteiger partial charge in [0.1, 0.15) is 40.4 Å². The molecule has 0 bridgehead atoms. The molecule has 1 atom stereocenters. The Balaban J connectivity index is 2.02. The number of fused-ring (bicyclic) bond motifs is 1. The van der Waals surface area contributed by atoms with Crippen molar-refractivity contribution in [2.45, 2.75) is 12.5 Å². The highest BCUT2D eigenvalue weighted by molar-refractivity contribution is 6.02. The van der Waals surface area contributed by atoms with Gasteiger partial charge in [-0.25, -0.2) is 0 Å². The van der Waals surface area contributed by atoms with Gasteiger partial charge in [-0.1, -0.05) is 0 Å². The number of carbonyl (C=O) groups is 1. The number of phenolic OH excluding ortho intramolecular Hbond substituents is 3. The molecule has 0 amide bonds. The third kappa shape index (κ3) is 2.39. The van der Waals surface area contributed by atoms with Crippen LogP contribution in [0.25, 0.3) is 0 Å². The average Bonchev–Trinajstić information content (AvgIpc) is 2.45. The fraction of sp³-hybridized carbons (Fsp3) is 0.188. The molecule has 3 N–H and O–H groups in total. The minimum atomic E-state index is -0.637. The number of rotatable bonds is 2. The molecule has 0 saturated carbocycles. The quantitative estimate of drug-likeness (QED) is 0.789. The van der Waals surface area contributed by atoms with Crippen LogP contribution in [-0.4, -0.2) is 28.2 Å². The summed E-state index contributed by atoms with van der Waals surface area (Å²) in [6.45, 7) is 0. The molecule has 0 unspecified atom stereocenters. The second-order valence-electron chi connectivity index (χ2n) is 5.04. The monoisotopic (exact) mass is 302 g/mol. The summed E-state index contributed by atoms with van der Waals surface area (Å²) in [6, 6.07) is 6.95. The number of carbonyl (C=O) groups excluding carboxylic acids is 1. The summed E-state index contributed by atoms with van der Waals surface area (Å²) in [5, 5.41) is 29.0. The van der Waals surface area contributed by atoms with E-state index in [1.54, 1.807) is 6.07 Å². The molecule has 114 valence electrons. The normalized spacial score (nSPS) is 16.8. The van der Waals surface area contributed by atoms with Crippen LogP contribution < -0.4 is 9.47 Å². The third-order valence-electron chi connectivity index (χ3n) is 3.51. The van der Waals surface area contributed by atoms with Gasteiger partial charge in [0.25, 0.3) is 0 Å². The lowest BCUT2D eigenvalue weighted by Gasteiger charge is -2.26. The molecule has 1 heterocycles. The SMILES string of the molecule is COc1cc(O)cc([C@@H]2CC(=O)c3c(O)cc(O)cc3O2)c1. The second-order valence-corrected chi connectivity index (χ2v) is 5.04. The van der Waals surface area contributed by atoms with Crippen molar-refractivity contribution in [3.8, 4) is 28.7 Å². The highest BCUT2D eigenvalue weighted by Gasteiger charge is 2.31. The Morgan fingerprint density at radius 1 is 1.09 bits per heavy atom. The first kappa shape index (κ1) is 14.1.